The van der Waals surface area contributed by atoms with E-state index in [4.69, 9.17) is 18.9 Å². The highest BCUT2D eigenvalue weighted by Crippen LogP contribution is 2.35. The second-order valence-corrected chi connectivity index (χ2v) is 12.2. The number of hydrogen-bond acceptors (Lipinski definition) is 8. The van der Waals surface area contributed by atoms with Crippen LogP contribution in [0.5, 0.6) is 0 Å². The molecule has 2 saturated carbocycles. The molecule has 47 heavy (non-hydrogen) atoms. The van der Waals surface area contributed by atoms with Crippen LogP contribution in [0.3, 0.4) is 0 Å². The molecule has 2 aromatic rings. The predicted molar refractivity (Wildman–Crippen MR) is 174 cm³/mol. The average Bonchev–Trinajstić information content (AvgIpc) is 3.09. The summed E-state index contributed by atoms with van der Waals surface area (Å²) in [4.78, 5) is 48.0. The maximum atomic E-state index is 12.2. The quantitative estimate of drug-likeness (QED) is 0.148. The molecule has 2 fully saturated rings. The Labute approximate surface area is 276 Å². The number of amides is 4. The summed E-state index contributed by atoms with van der Waals surface area (Å²) < 4.78 is 20.5. The Balaban J connectivity index is 0.964. The van der Waals surface area contributed by atoms with Crippen LogP contribution >= 0.6 is 0 Å². The minimum atomic E-state index is -0.552. The lowest BCUT2D eigenvalue weighted by Gasteiger charge is -2.34. The summed E-state index contributed by atoms with van der Waals surface area (Å²) in [5.74, 6) is 1.27. The van der Waals surface area contributed by atoms with Gasteiger partial charge in [0.25, 0.3) is 0 Å². The summed E-state index contributed by atoms with van der Waals surface area (Å²) >= 11 is 0. The first-order valence-electron chi connectivity index (χ1n) is 16.7. The fraction of sp³-hybridized carbons (Fsp3) is 0.543. The average molecular weight is 653 g/mol. The zero-order chi connectivity index (χ0) is 33.1. The second-order valence-electron chi connectivity index (χ2n) is 12.2. The molecule has 0 bridgehead atoms. The molecule has 0 unspecified atom stereocenters. The zero-order valence-corrected chi connectivity index (χ0v) is 27.0. The summed E-state index contributed by atoms with van der Waals surface area (Å²) in [6, 6.07) is 19.2. The molecule has 2 aromatic carbocycles. The largest absolute Gasteiger partial charge is 0.446 e. The number of carbonyl (C=O) groups is 4. The molecule has 0 heterocycles. The minimum absolute atomic E-state index is 0.00208. The summed E-state index contributed by atoms with van der Waals surface area (Å²) in [7, 11) is 0. The fourth-order valence-corrected chi connectivity index (χ4v) is 6.15. The second kappa shape index (κ2) is 19.9. The van der Waals surface area contributed by atoms with E-state index in [1.54, 1.807) is 0 Å². The molecular weight excluding hydrogens is 604 g/mol. The number of carbonyl (C=O) groups excluding carboxylic acids is 4. The van der Waals surface area contributed by atoms with Gasteiger partial charge in [-0.05, 0) is 80.8 Å². The molecule has 4 amide bonds. The van der Waals surface area contributed by atoms with Crippen molar-refractivity contribution in [2.75, 3.05) is 26.4 Å². The molecule has 12 heteroatoms. The van der Waals surface area contributed by atoms with Gasteiger partial charge in [0.05, 0.1) is 0 Å². The number of nitrogens with one attached hydrogen (secondary N) is 4. The van der Waals surface area contributed by atoms with Gasteiger partial charge in [0.2, 0.25) is 0 Å². The van der Waals surface area contributed by atoms with E-state index in [2.05, 4.69) is 21.3 Å². The standard InChI is InChI=1S/C35H48N4O8/c40-32(36-24-28-7-3-1-4-8-28)44-19-21-46-34(42)38-30-15-11-26(12-16-30)23-27-13-17-31(18-14-27)39-35(43)47-22-20-45-33(41)37-25-29-9-5-2-6-10-29/h1-10,26-27,30-31H,11-25H2,(H,36,40)(H,37,41)(H,38,42)(H,39,43). The van der Waals surface area contributed by atoms with Crippen LogP contribution in [-0.2, 0) is 32.0 Å². The Morgan fingerprint density at radius 3 is 1.19 bits per heavy atom. The van der Waals surface area contributed by atoms with E-state index in [0.29, 0.717) is 24.9 Å². The Bertz CT molecular complexity index is 1140. The molecule has 256 valence electrons. The Kier molecular flexibility index (Phi) is 15.0. The molecule has 2 aliphatic rings. The molecule has 2 aliphatic carbocycles. The number of hydrogen-bond donors (Lipinski definition) is 4. The van der Waals surface area contributed by atoms with Gasteiger partial charge >= 0.3 is 24.4 Å². The molecule has 0 radical (unpaired) electrons. The van der Waals surface area contributed by atoms with E-state index in [1.807, 2.05) is 60.7 Å². The van der Waals surface area contributed by atoms with Crippen LogP contribution in [0.15, 0.2) is 60.7 Å². The number of ether oxygens (including phenoxy) is 4. The molecule has 4 N–H and O–H groups in total. The monoisotopic (exact) mass is 652 g/mol. The van der Waals surface area contributed by atoms with Crippen LogP contribution in [0.25, 0.3) is 0 Å². The maximum Gasteiger partial charge on any atom is 0.407 e. The first-order valence-corrected chi connectivity index (χ1v) is 16.7. The number of benzene rings is 2. The third-order valence-electron chi connectivity index (χ3n) is 8.66. The smallest absolute Gasteiger partial charge is 0.407 e. The van der Waals surface area contributed by atoms with Crippen LogP contribution in [-0.4, -0.2) is 62.9 Å². The van der Waals surface area contributed by atoms with Crippen molar-refractivity contribution in [1.82, 2.24) is 21.3 Å². The van der Waals surface area contributed by atoms with Crippen LogP contribution < -0.4 is 21.3 Å². The molecule has 0 aliphatic heterocycles. The van der Waals surface area contributed by atoms with Gasteiger partial charge in [0, 0.05) is 25.2 Å². The number of alkyl carbamates (subject to hydrolysis) is 4. The molecule has 0 atom stereocenters. The van der Waals surface area contributed by atoms with Crippen molar-refractivity contribution in [1.29, 1.82) is 0 Å². The fourth-order valence-electron chi connectivity index (χ4n) is 6.15. The van der Waals surface area contributed by atoms with Crippen LogP contribution in [0, 0.1) is 11.8 Å². The lowest BCUT2D eigenvalue weighted by Crippen LogP contribution is -2.39. The van der Waals surface area contributed by atoms with E-state index in [-0.39, 0.29) is 38.5 Å². The Morgan fingerprint density at radius 1 is 0.489 bits per heavy atom. The predicted octanol–water partition coefficient (Wildman–Crippen LogP) is 5.80. The van der Waals surface area contributed by atoms with Crippen molar-refractivity contribution in [2.45, 2.75) is 83.0 Å². The van der Waals surface area contributed by atoms with Gasteiger partial charge in [0.15, 0.2) is 0 Å². The van der Waals surface area contributed by atoms with Gasteiger partial charge in [-0.1, -0.05) is 60.7 Å². The first kappa shape index (κ1) is 35.4. The lowest BCUT2D eigenvalue weighted by molar-refractivity contribution is 0.0909. The maximum absolute atomic E-state index is 12.2. The summed E-state index contributed by atoms with van der Waals surface area (Å²) in [6.07, 6.45) is 7.01. The van der Waals surface area contributed by atoms with Crippen LogP contribution in [0.1, 0.15) is 68.9 Å². The highest BCUT2D eigenvalue weighted by atomic mass is 16.6. The van der Waals surface area contributed by atoms with Crippen molar-refractivity contribution in [3.8, 4) is 0 Å². The van der Waals surface area contributed by atoms with Crippen molar-refractivity contribution in [3.63, 3.8) is 0 Å². The molecule has 12 nitrogen and oxygen atoms in total. The zero-order valence-electron chi connectivity index (χ0n) is 27.0. The Morgan fingerprint density at radius 2 is 0.830 bits per heavy atom. The normalized spacial score (nSPS) is 20.6. The van der Waals surface area contributed by atoms with Crippen molar-refractivity contribution in [3.05, 3.63) is 71.8 Å². The Hall–Kier alpha value is -4.48. The molecule has 0 aromatic heterocycles. The summed E-state index contributed by atoms with van der Waals surface area (Å²) in [6.45, 7) is 0.720. The van der Waals surface area contributed by atoms with Crippen molar-refractivity contribution < 1.29 is 38.1 Å². The van der Waals surface area contributed by atoms with Gasteiger partial charge in [-0.2, -0.15) is 0 Å². The van der Waals surface area contributed by atoms with E-state index in [9.17, 15) is 19.2 Å². The van der Waals surface area contributed by atoms with Gasteiger partial charge in [-0.25, -0.2) is 19.2 Å². The summed E-state index contributed by atoms with van der Waals surface area (Å²) in [5, 5.41) is 11.2. The molecule has 0 spiro atoms. The van der Waals surface area contributed by atoms with Crippen molar-refractivity contribution in [2.24, 2.45) is 11.8 Å². The third-order valence-corrected chi connectivity index (χ3v) is 8.66. The van der Waals surface area contributed by atoms with Crippen LogP contribution in [0.4, 0.5) is 19.2 Å². The van der Waals surface area contributed by atoms with Gasteiger partial charge in [0.1, 0.15) is 26.4 Å². The topological polar surface area (TPSA) is 153 Å². The van der Waals surface area contributed by atoms with Gasteiger partial charge < -0.3 is 40.2 Å². The number of rotatable bonds is 14. The first-order chi connectivity index (χ1) is 22.9. The minimum Gasteiger partial charge on any atom is -0.446 e. The third kappa shape index (κ3) is 14.2. The van der Waals surface area contributed by atoms with E-state index < -0.39 is 24.4 Å². The van der Waals surface area contributed by atoms with E-state index >= 15 is 0 Å². The highest BCUT2D eigenvalue weighted by molar-refractivity contribution is 5.69. The van der Waals surface area contributed by atoms with Gasteiger partial charge in [-0.15, -0.1) is 0 Å². The van der Waals surface area contributed by atoms with Gasteiger partial charge in [-0.3, -0.25) is 0 Å². The lowest BCUT2D eigenvalue weighted by atomic mass is 9.76. The van der Waals surface area contributed by atoms with Crippen molar-refractivity contribution >= 4 is 24.4 Å². The summed E-state index contributed by atoms with van der Waals surface area (Å²) in [5.41, 5.74) is 1.94. The van der Waals surface area contributed by atoms with E-state index in [1.165, 1.54) is 6.42 Å². The molecule has 0 saturated heterocycles. The highest BCUT2D eigenvalue weighted by Gasteiger charge is 2.28. The molecule has 4 rings (SSSR count). The molecular formula is C35H48N4O8. The SMILES string of the molecule is O=C(NCc1ccccc1)OCCOC(=O)NC1CCC(CC2CCC(NC(=O)OCCOC(=O)NCc3ccccc3)CC2)CC1. The van der Waals surface area contributed by atoms with E-state index in [0.717, 1.165) is 62.5 Å². The van der Waals surface area contributed by atoms with Crippen LogP contribution in [0.2, 0.25) is 0 Å².